The van der Waals surface area contributed by atoms with Crippen LogP contribution in [0.5, 0.6) is 0 Å². The van der Waals surface area contributed by atoms with Gasteiger partial charge in [0, 0.05) is 10.00 Å². The maximum atomic E-state index is 2.38. The first kappa shape index (κ1) is 4.57. The van der Waals surface area contributed by atoms with Crippen LogP contribution in [0.2, 0.25) is 0 Å². The van der Waals surface area contributed by atoms with Gasteiger partial charge in [-0.25, -0.2) is 0 Å². The molecule has 0 spiro atoms. The van der Waals surface area contributed by atoms with Gasteiger partial charge in [0.1, 0.15) is 0 Å². The summed E-state index contributed by atoms with van der Waals surface area (Å²) in [6.45, 7) is 2.38. The van der Waals surface area contributed by atoms with E-state index in [1.54, 1.807) is 0 Å². The first-order valence-corrected chi connectivity index (χ1v) is 4.87. The molecule has 0 aromatic rings. The summed E-state index contributed by atoms with van der Waals surface area (Å²) in [5, 5.41) is 1.04. The molecule has 0 aromatic carbocycles. The Balaban J connectivity index is 2.12. The van der Waals surface area contributed by atoms with E-state index in [1.165, 1.54) is 12.8 Å². The van der Waals surface area contributed by atoms with Crippen molar-refractivity contribution in [2.75, 3.05) is 0 Å². The zero-order valence-electron chi connectivity index (χ0n) is 4.31. The van der Waals surface area contributed by atoms with Crippen molar-refractivity contribution in [3.63, 3.8) is 0 Å². The highest BCUT2D eigenvalue weighted by molar-refractivity contribution is 8.80. The van der Waals surface area contributed by atoms with Crippen LogP contribution in [0.4, 0.5) is 0 Å². The van der Waals surface area contributed by atoms with Gasteiger partial charge in [-0.15, -0.1) is 0 Å². The minimum Gasteiger partial charge on any atom is -0.0886 e. The highest BCUT2D eigenvalue weighted by Gasteiger charge is 2.52. The SMILES string of the molecule is CC12CCC1SS2. The van der Waals surface area contributed by atoms with Crippen LogP contribution in [-0.4, -0.2) is 10.00 Å². The molecule has 0 amide bonds. The van der Waals surface area contributed by atoms with Gasteiger partial charge < -0.3 is 0 Å². The van der Waals surface area contributed by atoms with Gasteiger partial charge in [-0.05, 0) is 19.8 Å². The molecule has 2 unspecified atom stereocenters. The van der Waals surface area contributed by atoms with Crippen molar-refractivity contribution >= 4 is 21.6 Å². The topological polar surface area (TPSA) is 0 Å². The molecule has 1 heterocycles. The Bertz CT molecular complexity index is 92.3. The summed E-state index contributed by atoms with van der Waals surface area (Å²) in [6.07, 6.45) is 2.95. The summed E-state index contributed by atoms with van der Waals surface area (Å²) in [5.74, 6) is 0. The minimum absolute atomic E-state index is 0.741. The van der Waals surface area contributed by atoms with E-state index in [2.05, 4.69) is 28.5 Å². The maximum Gasteiger partial charge on any atom is 0.0362 e. The molecule has 1 saturated carbocycles. The van der Waals surface area contributed by atoms with Crippen LogP contribution in [-0.2, 0) is 0 Å². The zero-order chi connectivity index (χ0) is 4.91. The van der Waals surface area contributed by atoms with E-state index in [0.717, 1.165) is 10.00 Å². The summed E-state index contributed by atoms with van der Waals surface area (Å²) in [5.41, 5.74) is 0. The van der Waals surface area contributed by atoms with Crippen LogP contribution in [0.3, 0.4) is 0 Å². The van der Waals surface area contributed by atoms with Crippen LogP contribution >= 0.6 is 21.6 Å². The normalized spacial score (nSPS) is 57.0. The third-order valence-corrected chi connectivity index (χ3v) is 6.17. The predicted molar refractivity (Wildman–Crippen MR) is 36.6 cm³/mol. The standard InChI is InChI=1S/C5H8S2/c1-5-3-2-4(5)6-7-5/h4H,2-3H2,1H3. The van der Waals surface area contributed by atoms with Crippen molar-refractivity contribution in [3.8, 4) is 0 Å². The van der Waals surface area contributed by atoms with E-state index in [1.807, 2.05) is 0 Å². The molecule has 2 rings (SSSR count). The van der Waals surface area contributed by atoms with Gasteiger partial charge in [0.25, 0.3) is 0 Å². The smallest absolute Gasteiger partial charge is 0.0362 e. The number of hydrogen-bond acceptors (Lipinski definition) is 2. The van der Waals surface area contributed by atoms with Gasteiger partial charge in [-0.2, -0.15) is 0 Å². The van der Waals surface area contributed by atoms with Crippen molar-refractivity contribution in [1.82, 2.24) is 0 Å². The van der Waals surface area contributed by atoms with Gasteiger partial charge in [0.05, 0.1) is 0 Å². The fourth-order valence-electron chi connectivity index (χ4n) is 1.04. The second kappa shape index (κ2) is 1.16. The molecular formula is C5H8S2. The van der Waals surface area contributed by atoms with Gasteiger partial charge in [0.2, 0.25) is 0 Å². The molecule has 7 heavy (non-hydrogen) atoms. The van der Waals surface area contributed by atoms with Gasteiger partial charge >= 0.3 is 0 Å². The molecule has 0 bridgehead atoms. The van der Waals surface area contributed by atoms with Crippen LogP contribution in [0.25, 0.3) is 0 Å². The lowest BCUT2D eigenvalue weighted by Crippen LogP contribution is -2.49. The fraction of sp³-hybridized carbons (Fsp3) is 1.00. The lowest BCUT2D eigenvalue weighted by atomic mass is 9.85. The Hall–Kier alpha value is 0.700. The number of rotatable bonds is 0. The summed E-state index contributed by atoms with van der Waals surface area (Å²) in [4.78, 5) is 0. The van der Waals surface area contributed by atoms with E-state index in [0.29, 0.717) is 0 Å². The molecule has 0 nitrogen and oxygen atoms in total. The Morgan fingerprint density at radius 1 is 1.71 bits per heavy atom. The fourth-order valence-corrected chi connectivity index (χ4v) is 4.47. The molecule has 0 N–H and O–H groups in total. The summed E-state index contributed by atoms with van der Waals surface area (Å²) < 4.78 is 0.741. The molecule has 2 atom stereocenters. The van der Waals surface area contributed by atoms with E-state index in [4.69, 9.17) is 0 Å². The van der Waals surface area contributed by atoms with Crippen LogP contribution in [0.15, 0.2) is 0 Å². The summed E-state index contributed by atoms with van der Waals surface area (Å²) in [6, 6.07) is 0. The lowest BCUT2D eigenvalue weighted by Gasteiger charge is -2.54. The Kier molecular flexibility index (Phi) is 0.757. The lowest BCUT2D eigenvalue weighted by molar-refractivity contribution is 0.403. The van der Waals surface area contributed by atoms with E-state index in [9.17, 15) is 0 Å². The van der Waals surface area contributed by atoms with Crippen molar-refractivity contribution in [2.45, 2.75) is 29.8 Å². The van der Waals surface area contributed by atoms with Crippen molar-refractivity contribution < 1.29 is 0 Å². The monoisotopic (exact) mass is 132 g/mol. The molecular weight excluding hydrogens is 124 g/mol. The van der Waals surface area contributed by atoms with Crippen LogP contribution in [0.1, 0.15) is 19.8 Å². The van der Waals surface area contributed by atoms with Gasteiger partial charge in [0.15, 0.2) is 0 Å². The quantitative estimate of drug-likeness (QED) is 0.464. The Labute approximate surface area is 51.8 Å². The van der Waals surface area contributed by atoms with Crippen molar-refractivity contribution in [2.24, 2.45) is 0 Å². The maximum absolute atomic E-state index is 2.38. The molecule has 2 aliphatic rings. The van der Waals surface area contributed by atoms with E-state index in [-0.39, 0.29) is 0 Å². The molecule has 0 aromatic heterocycles. The first-order valence-electron chi connectivity index (χ1n) is 2.66. The second-order valence-electron chi connectivity index (χ2n) is 2.52. The highest BCUT2D eigenvalue weighted by Crippen LogP contribution is 2.66. The molecule has 2 fully saturated rings. The molecule has 0 radical (unpaired) electrons. The van der Waals surface area contributed by atoms with Gasteiger partial charge in [-0.1, -0.05) is 21.6 Å². The zero-order valence-corrected chi connectivity index (χ0v) is 5.94. The first-order chi connectivity index (χ1) is 3.31. The Morgan fingerprint density at radius 2 is 2.43 bits per heavy atom. The summed E-state index contributed by atoms with van der Waals surface area (Å²) >= 11 is 0. The minimum atomic E-state index is 0.741. The average Bonchev–Trinajstić information content (AvgIpc) is 1.67. The molecule has 1 aliphatic carbocycles. The number of fused-ring (bicyclic) bond motifs is 1. The Morgan fingerprint density at radius 3 is 2.43 bits per heavy atom. The van der Waals surface area contributed by atoms with Crippen molar-refractivity contribution in [1.29, 1.82) is 0 Å². The van der Waals surface area contributed by atoms with Crippen molar-refractivity contribution in [3.05, 3.63) is 0 Å². The summed E-state index contributed by atoms with van der Waals surface area (Å²) in [7, 11) is 4.14. The van der Waals surface area contributed by atoms with Crippen LogP contribution < -0.4 is 0 Å². The van der Waals surface area contributed by atoms with E-state index >= 15 is 0 Å². The molecule has 1 aliphatic heterocycles. The highest BCUT2D eigenvalue weighted by atomic mass is 33.1. The van der Waals surface area contributed by atoms with Crippen LogP contribution in [0, 0.1) is 0 Å². The largest absolute Gasteiger partial charge is 0.0886 e. The average molecular weight is 132 g/mol. The molecule has 1 saturated heterocycles. The van der Waals surface area contributed by atoms with Gasteiger partial charge in [-0.3, -0.25) is 0 Å². The number of hydrogen-bond donors (Lipinski definition) is 0. The molecule has 40 valence electrons. The second-order valence-corrected chi connectivity index (χ2v) is 5.46. The third-order valence-electron chi connectivity index (χ3n) is 1.94. The van der Waals surface area contributed by atoms with E-state index < -0.39 is 0 Å². The predicted octanol–water partition coefficient (Wildman–Crippen LogP) is 2.30. The third kappa shape index (κ3) is 0.423. The molecule has 2 heteroatoms.